The van der Waals surface area contributed by atoms with E-state index in [0.29, 0.717) is 16.9 Å². The van der Waals surface area contributed by atoms with Crippen molar-refractivity contribution < 1.29 is 4.79 Å². The fourth-order valence-corrected chi connectivity index (χ4v) is 2.93. The number of hydrogen-bond donors (Lipinski definition) is 3. The van der Waals surface area contributed by atoms with Crippen LogP contribution in [0.2, 0.25) is 0 Å². The van der Waals surface area contributed by atoms with Crippen molar-refractivity contribution >= 4 is 17.2 Å². The molecule has 0 saturated carbocycles. The monoisotopic (exact) mass is 360 g/mol. The van der Waals surface area contributed by atoms with E-state index in [-0.39, 0.29) is 11.6 Å². The van der Waals surface area contributed by atoms with Crippen LogP contribution >= 0.6 is 0 Å². The summed E-state index contributed by atoms with van der Waals surface area (Å²) in [5, 5.41) is 8.17. The van der Waals surface area contributed by atoms with Gasteiger partial charge in [-0.2, -0.15) is 0 Å². The lowest BCUT2D eigenvalue weighted by Gasteiger charge is -2.18. The molecule has 2 aromatic rings. The molecule has 0 fully saturated rings. The smallest absolute Gasteiger partial charge is 0.205 e. The van der Waals surface area contributed by atoms with Gasteiger partial charge in [-0.3, -0.25) is 15.2 Å². The molecule has 0 spiro atoms. The van der Waals surface area contributed by atoms with Crippen LogP contribution in [0.15, 0.2) is 36.2 Å². The zero-order valence-corrected chi connectivity index (χ0v) is 16.1. The number of carbonyl (C=O) groups excluding carboxylic acids is 1. The first-order chi connectivity index (χ1) is 12.7. The number of carbonyl (C=O) groups is 1. The number of rotatable bonds is 5. The maximum Gasteiger partial charge on any atom is 0.205 e. The third kappa shape index (κ3) is 4.06. The van der Waals surface area contributed by atoms with Crippen LogP contribution in [-0.2, 0) is 4.79 Å². The van der Waals surface area contributed by atoms with E-state index in [1.807, 2.05) is 26.8 Å². The minimum absolute atomic E-state index is 0.0513. The number of nitrogens with zero attached hydrogens (tertiary/aromatic N) is 1. The van der Waals surface area contributed by atoms with E-state index >= 15 is 0 Å². The first-order valence-corrected chi connectivity index (χ1v) is 8.56. The Morgan fingerprint density at radius 1 is 1.33 bits per heavy atom. The van der Waals surface area contributed by atoms with E-state index in [0.717, 1.165) is 27.9 Å². The van der Waals surface area contributed by atoms with Gasteiger partial charge in [0.1, 0.15) is 5.71 Å². The fraction of sp³-hybridized carbons (Fsp3) is 0.227. The van der Waals surface area contributed by atoms with Gasteiger partial charge in [0.25, 0.3) is 0 Å². The molecular formula is C22H24N4O. The van der Waals surface area contributed by atoms with Gasteiger partial charge < -0.3 is 11.5 Å². The van der Waals surface area contributed by atoms with Crippen LogP contribution in [0.1, 0.15) is 53.3 Å². The van der Waals surface area contributed by atoms with Gasteiger partial charge in [-0.25, -0.2) is 0 Å². The quantitative estimate of drug-likeness (QED) is 0.329. The van der Waals surface area contributed by atoms with Gasteiger partial charge >= 0.3 is 0 Å². The maximum absolute atomic E-state index is 12.2. The van der Waals surface area contributed by atoms with Crippen LogP contribution in [0, 0.1) is 31.6 Å². The highest BCUT2D eigenvalue weighted by molar-refractivity contribution is 6.49. The molecule has 0 aliphatic rings. The Balaban J connectivity index is 2.48. The van der Waals surface area contributed by atoms with Crippen molar-refractivity contribution in [3.8, 4) is 12.3 Å². The molecule has 5 N–H and O–H groups in total. The highest BCUT2D eigenvalue weighted by atomic mass is 16.1. The Labute approximate surface area is 160 Å². The summed E-state index contributed by atoms with van der Waals surface area (Å²) in [6.07, 6.45) is 8.45. The number of anilines is 1. The number of ketones is 1. The summed E-state index contributed by atoms with van der Waals surface area (Å²) in [4.78, 5) is 16.7. The van der Waals surface area contributed by atoms with Gasteiger partial charge in [-0.1, -0.05) is 18.9 Å². The van der Waals surface area contributed by atoms with Crippen LogP contribution in [0.25, 0.3) is 0 Å². The van der Waals surface area contributed by atoms with Gasteiger partial charge in [0, 0.05) is 40.7 Å². The van der Waals surface area contributed by atoms with E-state index < -0.39 is 5.78 Å². The van der Waals surface area contributed by atoms with Crippen molar-refractivity contribution in [1.29, 1.82) is 5.41 Å². The van der Waals surface area contributed by atoms with Crippen molar-refractivity contribution in [2.24, 2.45) is 5.73 Å². The zero-order valence-electron chi connectivity index (χ0n) is 16.1. The number of benzene rings is 1. The second kappa shape index (κ2) is 7.88. The van der Waals surface area contributed by atoms with E-state index in [1.165, 1.54) is 6.08 Å². The fourth-order valence-electron chi connectivity index (χ4n) is 2.93. The lowest BCUT2D eigenvalue weighted by atomic mass is 9.89. The Morgan fingerprint density at radius 3 is 2.59 bits per heavy atom. The molecule has 5 nitrogen and oxygen atoms in total. The Hall–Kier alpha value is -3.39. The molecule has 138 valence electrons. The lowest BCUT2D eigenvalue weighted by molar-refractivity contribution is -0.108. The van der Waals surface area contributed by atoms with E-state index in [1.54, 1.807) is 25.3 Å². The molecule has 27 heavy (non-hydrogen) atoms. The van der Waals surface area contributed by atoms with Crippen LogP contribution in [0.4, 0.5) is 5.69 Å². The van der Waals surface area contributed by atoms with Gasteiger partial charge in [-0.05, 0) is 49.6 Å². The van der Waals surface area contributed by atoms with Crippen molar-refractivity contribution in [2.45, 2.75) is 33.6 Å². The minimum atomic E-state index is -0.477. The maximum atomic E-state index is 12.2. The second-order valence-corrected chi connectivity index (χ2v) is 6.65. The third-order valence-corrected chi connectivity index (χ3v) is 4.70. The number of nitrogens with one attached hydrogen (secondary N) is 1. The summed E-state index contributed by atoms with van der Waals surface area (Å²) < 4.78 is 0. The van der Waals surface area contributed by atoms with E-state index in [9.17, 15) is 4.79 Å². The van der Waals surface area contributed by atoms with Crippen molar-refractivity contribution in [3.05, 3.63) is 69.7 Å². The van der Waals surface area contributed by atoms with Crippen LogP contribution < -0.4 is 11.5 Å². The summed E-state index contributed by atoms with van der Waals surface area (Å²) in [5.41, 5.74) is 17.1. The normalized spacial score (nSPS) is 12.3. The molecule has 5 heteroatoms. The molecule has 0 aliphatic heterocycles. The highest BCUT2D eigenvalue weighted by Gasteiger charge is 2.19. The first-order valence-electron chi connectivity index (χ1n) is 8.56. The molecule has 1 heterocycles. The number of terminal acetylenes is 1. The van der Waals surface area contributed by atoms with Crippen LogP contribution in [0.5, 0.6) is 0 Å². The number of nitrogens with two attached hydrogens (primary N) is 2. The standard InChI is InChI=1S/C22H24N4O/c1-6-16-11-26-22(14(4)13(16)3)15(5)17-7-8-19(24)18(10-17)21(25)20(27)9-12(2)23/h1,7-11,15,25H,23-24H2,2-5H3/b12-9-,25-21?. The number of pyridine rings is 1. The molecule has 0 saturated heterocycles. The summed E-state index contributed by atoms with van der Waals surface area (Å²) in [7, 11) is 0. The Morgan fingerprint density at radius 2 is 2.00 bits per heavy atom. The third-order valence-electron chi connectivity index (χ3n) is 4.70. The van der Waals surface area contributed by atoms with Crippen LogP contribution in [-0.4, -0.2) is 16.5 Å². The second-order valence-electron chi connectivity index (χ2n) is 6.65. The summed E-state index contributed by atoms with van der Waals surface area (Å²) in [5.74, 6) is 2.11. The number of allylic oxidation sites excluding steroid dienone is 2. The lowest BCUT2D eigenvalue weighted by Crippen LogP contribution is -2.16. The molecular weight excluding hydrogens is 336 g/mol. The summed E-state index contributed by atoms with van der Waals surface area (Å²) >= 11 is 0. The molecule has 0 amide bonds. The van der Waals surface area contributed by atoms with E-state index in [4.69, 9.17) is 23.3 Å². The molecule has 0 aliphatic carbocycles. The molecule has 1 unspecified atom stereocenters. The zero-order chi connectivity index (χ0) is 20.3. The average Bonchev–Trinajstić information content (AvgIpc) is 2.62. The van der Waals surface area contributed by atoms with Crippen molar-refractivity contribution in [1.82, 2.24) is 4.98 Å². The largest absolute Gasteiger partial charge is 0.402 e. The first kappa shape index (κ1) is 19.9. The predicted octanol–water partition coefficient (Wildman–Crippen LogP) is 3.21. The Kier molecular flexibility index (Phi) is 5.81. The minimum Gasteiger partial charge on any atom is -0.402 e. The van der Waals surface area contributed by atoms with Gasteiger partial charge in [0.05, 0.1) is 5.69 Å². The molecule has 0 bridgehead atoms. The SMILES string of the molecule is C#Cc1cnc(C(C)c2ccc(N)c(C(=N)C(=O)/C=C(/C)N)c2)c(C)c1C. The number of aromatic nitrogens is 1. The van der Waals surface area contributed by atoms with E-state index in [2.05, 4.69) is 10.9 Å². The molecule has 1 atom stereocenters. The van der Waals surface area contributed by atoms with Gasteiger partial charge in [0.2, 0.25) is 5.78 Å². The molecule has 1 aromatic heterocycles. The van der Waals surface area contributed by atoms with Gasteiger partial charge in [0.15, 0.2) is 0 Å². The summed E-state index contributed by atoms with van der Waals surface area (Å²) in [6.45, 7) is 7.60. The Bertz CT molecular complexity index is 992. The predicted molar refractivity (Wildman–Crippen MR) is 110 cm³/mol. The average molecular weight is 360 g/mol. The van der Waals surface area contributed by atoms with Crippen LogP contribution in [0.3, 0.4) is 0 Å². The topological polar surface area (TPSA) is 106 Å². The number of hydrogen-bond acceptors (Lipinski definition) is 5. The van der Waals surface area contributed by atoms with Gasteiger partial charge in [-0.15, -0.1) is 6.42 Å². The van der Waals surface area contributed by atoms with Crippen molar-refractivity contribution in [3.63, 3.8) is 0 Å². The number of nitrogen functional groups attached to an aromatic ring is 1. The van der Waals surface area contributed by atoms with Crippen molar-refractivity contribution in [2.75, 3.05) is 5.73 Å². The highest BCUT2D eigenvalue weighted by Crippen LogP contribution is 2.29. The molecule has 2 rings (SSSR count). The molecule has 0 radical (unpaired) electrons. The molecule has 1 aromatic carbocycles. The summed E-state index contributed by atoms with van der Waals surface area (Å²) in [6, 6.07) is 5.36.